The average Bonchev–Trinajstić information content (AvgIpc) is 2.54. The lowest BCUT2D eigenvalue weighted by atomic mass is 9.89. The number of aryl methyl sites for hydroxylation is 1. The van der Waals surface area contributed by atoms with Crippen molar-refractivity contribution in [2.24, 2.45) is 0 Å². The molecule has 2 N–H and O–H groups in total. The third-order valence-corrected chi connectivity index (χ3v) is 4.23. The molecule has 0 spiro atoms. The van der Waals surface area contributed by atoms with Crippen LogP contribution in [0, 0.1) is 6.92 Å². The molecule has 0 saturated heterocycles. The monoisotopic (exact) mass is 297 g/mol. The number of aliphatic hydroxyl groups is 2. The molecular weight excluding hydrogens is 278 g/mol. The van der Waals surface area contributed by atoms with Gasteiger partial charge >= 0.3 is 0 Å². The maximum absolute atomic E-state index is 12.8. The average molecular weight is 297 g/mol. The molecule has 0 aliphatic carbocycles. The topological polar surface area (TPSA) is 60.8 Å². The standard InChI is InChI=1S/C18H19NO3/c1-11-8-9-15-14(10-11)17(21)16(20)12(2)19(15)18(22)13-6-4-3-5-7-13/h3-10,12,16-17,20-21H,1-2H3/t12-,16-,17-/m1/s1. The van der Waals surface area contributed by atoms with Gasteiger partial charge in [0.15, 0.2) is 0 Å². The molecule has 114 valence electrons. The van der Waals surface area contributed by atoms with E-state index in [4.69, 9.17) is 0 Å². The number of hydrogen-bond acceptors (Lipinski definition) is 3. The van der Waals surface area contributed by atoms with Gasteiger partial charge in [0.2, 0.25) is 0 Å². The second-order valence-electron chi connectivity index (χ2n) is 5.78. The minimum atomic E-state index is -1.01. The van der Waals surface area contributed by atoms with Gasteiger partial charge in [0, 0.05) is 11.1 Å². The zero-order valence-electron chi connectivity index (χ0n) is 12.6. The van der Waals surface area contributed by atoms with Crippen LogP contribution in [0.25, 0.3) is 0 Å². The van der Waals surface area contributed by atoms with E-state index in [0.29, 0.717) is 16.8 Å². The van der Waals surface area contributed by atoms with E-state index in [0.717, 1.165) is 5.56 Å². The molecule has 22 heavy (non-hydrogen) atoms. The van der Waals surface area contributed by atoms with Crippen molar-refractivity contribution >= 4 is 11.6 Å². The van der Waals surface area contributed by atoms with Crippen molar-refractivity contribution in [2.45, 2.75) is 32.1 Å². The first-order valence-corrected chi connectivity index (χ1v) is 7.36. The number of aliphatic hydroxyl groups excluding tert-OH is 2. The van der Waals surface area contributed by atoms with Crippen LogP contribution in [0.1, 0.15) is 34.5 Å². The van der Waals surface area contributed by atoms with Crippen LogP contribution in [0.2, 0.25) is 0 Å². The van der Waals surface area contributed by atoms with Gasteiger partial charge < -0.3 is 15.1 Å². The number of amides is 1. The lowest BCUT2D eigenvalue weighted by Gasteiger charge is -2.41. The van der Waals surface area contributed by atoms with Gasteiger partial charge in [-0.15, -0.1) is 0 Å². The zero-order valence-corrected chi connectivity index (χ0v) is 12.6. The maximum Gasteiger partial charge on any atom is 0.258 e. The van der Waals surface area contributed by atoms with E-state index < -0.39 is 18.2 Å². The first kappa shape index (κ1) is 14.8. The van der Waals surface area contributed by atoms with Crippen LogP contribution in [0.5, 0.6) is 0 Å². The van der Waals surface area contributed by atoms with Crippen molar-refractivity contribution in [1.29, 1.82) is 0 Å². The molecule has 0 unspecified atom stereocenters. The van der Waals surface area contributed by atoms with Gasteiger partial charge in [0.05, 0.1) is 11.7 Å². The molecule has 1 aliphatic heterocycles. The summed E-state index contributed by atoms with van der Waals surface area (Å²) >= 11 is 0. The number of hydrogen-bond donors (Lipinski definition) is 2. The van der Waals surface area contributed by atoms with Crippen molar-refractivity contribution < 1.29 is 15.0 Å². The number of fused-ring (bicyclic) bond motifs is 1. The third kappa shape index (κ3) is 2.30. The van der Waals surface area contributed by atoms with E-state index in [1.54, 1.807) is 24.0 Å². The summed E-state index contributed by atoms with van der Waals surface area (Å²) in [6.07, 6.45) is -1.99. The van der Waals surface area contributed by atoms with Crippen LogP contribution in [0.4, 0.5) is 5.69 Å². The highest BCUT2D eigenvalue weighted by Crippen LogP contribution is 2.38. The van der Waals surface area contributed by atoms with Crippen molar-refractivity contribution in [1.82, 2.24) is 0 Å². The van der Waals surface area contributed by atoms with Crippen LogP contribution >= 0.6 is 0 Å². The van der Waals surface area contributed by atoms with E-state index >= 15 is 0 Å². The lowest BCUT2D eigenvalue weighted by molar-refractivity contribution is -0.00107. The largest absolute Gasteiger partial charge is 0.388 e. The molecule has 2 aromatic rings. The molecule has 3 atom stereocenters. The van der Waals surface area contributed by atoms with Gasteiger partial charge in [-0.1, -0.05) is 35.9 Å². The Bertz CT molecular complexity index is 699. The number of carbonyl (C=O) groups excluding carboxylic acids is 1. The second-order valence-corrected chi connectivity index (χ2v) is 5.78. The Morgan fingerprint density at radius 3 is 2.45 bits per heavy atom. The molecule has 4 nitrogen and oxygen atoms in total. The molecule has 1 aliphatic rings. The fourth-order valence-corrected chi connectivity index (χ4v) is 2.96. The quantitative estimate of drug-likeness (QED) is 0.850. The Hall–Kier alpha value is -2.17. The fraction of sp³-hybridized carbons (Fsp3) is 0.278. The smallest absolute Gasteiger partial charge is 0.258 e. The number of nitrogens with zero attached hydrogens (tertiary/aromatic N) is 1. The summed E-state index contributed by atoms with van der Waals surface area (Å²) in [5.41, 5.74) is 2.79. The molecule has 0 radical (unpaired) electrons. The third-order valence-electron chi connectivity index (χ3n) is 4.23. The van der Waals surface area contributed by atoms with Crippen LogP contribution in [-0.4, -0.2) is 28.3 Å². The summed E-state index contributed by atoms with van der Waals surface area (Å²) in [7, 11) is 0. The molecule has 2 aromatic carbocycles. The first-order chi connectivity index (χ1) is 10.5. The van der Waals surface area contributed by atoms with Crippen LogP contribution in [0.3, 0.4) is 0 Å². The van der Waals surface area contributed by atoms with Gasteiger partial charge in [0.25, 0.3) is 5.91 Å². The van der Waals surface area contributed by atoms with Gasteiger partial charge in [-0.05, 0) is 32.0 Å². The number of carbonyl (C=O) groups is 1. The highest BCUT2D eigenvalue weighted by atomic mass is 16.3. The summed E-state index contributed by atoms with van der Waals surface area (Å²) in [4.78, 5) is 14.4. The molecule has 1 amide bonds. The molecule has 3 rings (SSSR count). The van der Waals surface area contributed by atoms with Crippen molar-refractivity contribution in [3.63, 3.8) is 0 Å². The van der Waals surface area contributed by atoms with Gasteiger partial charge in [-0.2, -0.15) is 0 Å². The molecule has 1 heterocycles. The van der Waals surface area contributed by atoms with Crippen LogP contribution < -0.4 is 4.90 Å². The van der Waals surface area contributed by atoms with Gasteiger partial charge in [-0.25, -0.2) is 0 Å². The van der Waals surface area contributed by atoms with E-state index in [9.17, 15) is 15.0 Å². The van der Waals surface area contributed by atoms with E-state index in [1.165, 1.54) is 0 Å². The summed E-state index contributed by atoms with van der Waals surface area (Å²) in [5, 5.41) is 20.6. The SMILES string of the molecule is Cc1ccc2c(c1)[C@@H](O)[C@H](O)[C@@H](C)N2C(=O)c1ccccc1. The summed E-state index contributed by atoms with van der Waals surface area (Å²) in [6.45, 7) is 3.66. The highest BCUT2D eigenvalue weighted by Gasteiger charge is 2.39. The summed E-state index contributed by atoms with van der Waals surface area (Å²) < 4.78 is 0. The van der Waals surface area contributed by atoms with Gasteiger partial charge in [-0.3, -0.25) is 4.79 Å². The van der Waals surface area contributed by atoms with E-state index in [1.807, 2.05) is 43.3 Å². The van der Waals surface area contributed by atoms with Gasteiger partial charge in [0.1, 0.15) is 12.2 Å². The minimum Gasteiger partial charge on any atom is -0.388 e. The number of rotatable bonds is 1. The Labute approximate surface area is 129 Å². The van der Waals surface area contributed by atoms with Crippen LogP contribution in [-0.2, 0) is 0 Å². The Morgan fingerprint density at radius 2 is 1.77 bits per heavy atom. The Kier molecular flexibility index (Phi) is 3.72. The molecule has 0 fully saturated rings. The molecular formula is C18H19NO3. The highest BCUT2D eigenvalue weighted by molar-refractivity contribution is 6.07. The number of anilines is 1. The molecule has 4 heteroatoms. The maximum atomic E-state index is 12.8. The van der Waals surface area contributed by atoms with Crippen molar-refractivity contribution in [3.05, 3.63) is 65.2 Å². The van der Waals surface area contributed by atoms with Crippen molar-refractivity contribution in [2.75, 3.05) is 4.90 Å². The first-order valence-electron chi connectivity index (χ1n) is 7.36. The molecule has 0 aromatic heterocycles. The molecule has 0 bridgehead atoms. The van der Waals surface area contributed by atoms with Crippen molar-refractivity contribution in [3.8, 4) is 0 Å². The van der Waals surface area contributed by atoms with E-state index in [-0.39, 0.29) is 5.91 Å². The summed E-state index contributed by atoms with van der Waals surface area (Å²) in [6, 6.07) is 14.0. The fourth-order valence-electron chi connectivity index (χ4n) is 2.96. The second kappa shape index (κ2) is 5.55. The normalized spacial score (nSPS) is 24.0. The number of benzene rings is 2. The predicted octanol–water partition coefficient (Wildman–Crippen LogP) is 2.44. The zero-order chi connectivity index (χ0) is 15.9. The Balaban J connectivity index is 2.11. The molecule has 0 saturated carbocycles. The Morgan fingerprint density at radius 1 is 1.09 bits per heavy atom. The lowest BCUT2D eigenvalue weighted by Crippen LogP contribution is -2.51. The minimum absolute atomic E-state index is 0.177. The predicted molar refractivity (Wildman–Crippen MR) is 84.9 cm³/mol. The van der Waals surface area contributed by atoms with E-state index in [2.05, 4.69) is 0 Å². The summed E-state index contributed by atoms with van der Waals surface area (Å²) in [5.74, 6) is -0.177. The van der Waals surface area contributed by atoms with Crippen LogP contribution in [0.15, 0.2) is 48.5 Å².